The molecule has 4 heteroatoms. The molecule has 4 nitrogen and oxygen atoms in total. The van der Waals surface area contributed by atoms with E-state index >= 15 is 0 Å². The summed E-state index contributed by atoms with van der Waals surface area (Å²) in [5.41, 5.74) is 0. The minimum atomic E-state index is 0.280. The van der Waals surface area contributed by atoms with Crippen molar-refractivity contribution in [2.45, 2.75) is 63.8 Å². The first kappa shape index (κ1) is 14.5. The van der Waals surface area contributed by atoms with E-state index in [0.29, 0.717) is 24.2 Å². The highest BCUT2D eigenvalue weighted by atomic mass is 16.2. The van der Waals surface area contributed by atoms with Gasteiger partial charge in [0, 0.05) is 38.0 Å². The van der Waals surface area contributed by atoms with Gasteiger partial charge in [0.05, 0.1) is 0 Å². The van der Waals surface area contributed by atoms with Crippen LogP contribution in [-0.2, 0) is 9.59 Å². The highest BCUT2D eigenvalue weighted by Crippen LogP contribution is 2.49. The smallest absolute Gasteiger partial charge is 0.226 e. The summed E-state index contributed by atoms with van der Waals surface area (Å²) in [6.45, 7) is 2.59. The number of hydrogen-bond donors (Lipinski definition) is 0. The lowest BCUT2D eigenvalue weighted by Gasteiger charge is -2.40. The highest BCUT2D eigenvalue weighted by molar-refractivity contribution is 5.81. The van der Waals surface area contributed by atoms with E-state index in [1.54, 1.807) is 0 Å². The van der Waals surface area contributed by atoms with Gasteiger partial charge in [-0.05, 0) is 56.8 Å². The molecular formula is C18H28N2O2. The molecule has 0 aromatic heterocycles. The van der Waals surface area contributed by atoms with Gasteiger partial charge < -0.3 is 9.80 Å². The van der Waals surface area contributed by atoms with E-state index in [2.05, 4.69) is 4.90 Å². The quantitative estimate of drug-likeness (QED) is 0.803. The molecule has 4 aliphatic rings. The van der Waals surface area contributed by atoms with Crippen LogP contribution in [0.1, 0.15) is 57.8 Å². The van der Waals surface area contributed by atoms with E-state index in [1.807, 2.05) is 4.90 Å². The SMILES string of the molecule is O=C1CCCN1C[C@@H]1CCCCN1C(=O)[C@H]1C[C@H]2CC[C@H]1C2. The molecule has 2 saturated carbocycles. The number of carbonyl (C=O) groups is 2. The molecule has 0 spiro atoms. The maximum absolute atomic E-state index is 13.1. The molecule has 2 bridgehead atoms. The number of nitrogens with zero attached hydrogens (tertiary/aromatic N) is 2. The Morgan fingerprint density at radius 3 is 2.64 bits per heavy atom. The fourth-order valence-corrected chi connectivity index (χ4v) is 5.39. The molecule has 4 atom stereocenters. The minimum Gasteiger partial charge on any atom is -0.341 e. The third kappa shape index (κ3) is 2.55. The van der Waals surface area contributed by atoms with Gasteiger partial charge in [-0.15, -0.1) is 0 Å². The standard InChI is InChI=1S/C18H28N2O2/c21-17-5-3-8-19(17)12-15-4-1-2-9-20(15)18(22)16-11-13-6-7-14(16)10-13/h13-16H,1-12H2/t13-,14-,15-,16-/m0/s1. The molecule has 22 heavy (non-hydrogen) atoms. The van der Waals surface area contributed by atoms with Gasteiger partial charge in [-0.2, -0.15) is 0 Å². The largest absolute Gasteiger partial charge is 0.341 e. The van der Waals surface area contributed by atoms with Gasteiger partial charge in [0.2, 0.25) is 11.8 Å². The van der Waals surface area contributed by atoms with E-state index in [4.69, 9.17) is 0 Å². The monoisotopic (exact) mass is 304 g/mol. The minimum absolute atomic E-state index is 0.280. The van der Waals surface area contributed by atoms with Gasteiger partial charge in [-0.25, -0.2) is 0 Å². The topological polar surface area (TPSA) is 40.6 Å². The van der Waals surface area contributed by atoms with E-state index < -0.39 is 0 Å². The second kappa shape index (κ2) is 5.86. The Kier molecular flexibility index (Phi) is 3.87. The summed E-state index contributed by atoms with van der Waals surface area (Å²) in [5.74, 6) is 2.49. The van der Waals surface area contributed by atoms with E-state index in [9.17, 15) is 9.59 Å². The van der Waals surface area contributed by atoms with Crippen molar-refractivity contribution in [3.63, 3.8) is 0 Å². The molecular weight excluding hydrogens is 276 g/mol. The Morgan fingerprint density at radius 2 is 1.95 bits per heavy atom. The third-order valence-corrected chi connectivity index (χ3v) is 6.57. The second-order valence-corrected chi connectivity index (χ2v) is 7.91. The molecule has 2 saturated heterocycles. The van der Waals surface area contributed by atoms with Crippen LogP contribution >= 0.6 is 0 Å². The van der Waals surface area contributed by atoms with E-state index in [0.717, 1.165) is 51.2 Å². The van der Waals surface area contributed by atoms with E-state index in [-0.39, 0.29) is 11.9 Å². The maximum atomic E-state index is 13.1. The van der Waals surface area contributed by atoms with Gasteiger partial charge in [-0.1, -0.05) is 6.42 Å². The fraction of sp³-hybridized carbons (Fsp3) is 0.889. The number of hydrogen-bond acceptors (Lipinski definition) is 2. The van der Waals surface area contributed by atoms with Crippen LogP contribution < -0.4 is 0 Å². The Labute approximate surface area is 133 Å². The number of likely N-dealkylation sites (tertiary alicyclic amines) is 2. The Hall–Kier alpha value is -1.06. The predicted molar refractivity (Wildman–Crippen MR) is 84.1 cm³/mol. The van der Waals surface area contributed by atoms with Crippen LogP contribution in [0.25, 0.3) is 0 Å². The van der Waals surface area contributed by atoms with Crippen molar-refractivity contribution in [2.75, 3.05) is 19.6 Å². The number of fused-ring (bicyclic) bond motifs is 2. The van der Waals surface area contributed by atoms with Gasteiger partial charge >= 0.3 is 0 Å². The number of piperidine rings is 1. The summed E-state index contributed by atoms with van der Waals surface area (Å²) >= 11 is 0. The molecule has 2 aliphatic carbocycles. The van der Waals surface area contributed by atoms with Gasteiger partial charge in [0.15, 0.2) is 0 Å². The normalized spacial score (nSPS) is 38.1. The first-order chi connectivity index (χ1) is 10.7. The zero-order valence-corrected chi connectivity index (χ0v) is 13.5. The summed E-state index contributed by atoms with van der Waals surface area (Å²) in [5, 5.41) is 0. The predicted octanol–water partition coefficient (Wildman–Crippen LogP) is 2.43. The molecule has 2 aliphatic heterocycles. The van der Waals surface area contributed by atoms with Crippen molar-refractivity contribution in [2.24, 2.45) is 17.8 Å². The molecule has 0 aromatic carbocycles. The number of rotatable bonds is 3. The molecule has 4 fully saturated rings. The number of carbonyl (C=O) groups excluding carboxylic acids is 2. The lowest BCUT2D eigenvalue weighted by Crippen LogP contribution is -2.52. The number of amides is 2. The summed E-state index contributed by atoms with van der Waals surface area (Å²) < 4.78 is 0. The average molecular weight is 304 g/mol. The van der Waals surface area contributed by atoms with Gasteiger partial charge in [0.25, 0.3) is 0 Å². The van der Waals surface area contributed by atoms with Crippen LogP contribution in [0.5, 0.6) is 0 Å². The van der Waals surface area contributed by atoms with Crippen LogP contribution in [0.15, 0.2) is 0 Å². The van der Waals surface area contributed by atoms with Crippen molar-refractivity contribution < 1.29 is 9.59 Å². The molecule has 0 aromatic rings. The molecule has 0 radical (unpaired) electrons. The first-order valence-corrected chi connectivity index (χ1v) is 9.30. The summed E-state index contributed by atoms with van der Waals surface area (Å²) in [6.07, 6.45) is 10.2. The Balaban J connectivity index is 1.43. The lowest BCUT2D eigenvalue weighted by molar-refractivity contribution is -0.143. The zero-order chi connectivity index (χ0) is 15.1. The summed E-state index contributed by atoms with van der Waals surface area (Å²) in [6, 6.07) is 0.280. The fourth-order valence-electron chi connectivity index (χ4n) is 5.39. The van der Waals surface area contributed by atoms with Crippen LogP contribution in [0.4, 0.5) is 0 Å². The molecule has 2 amide bonds. The van der Waals surface area contributed by atoms with Crippen molar-refractivity contribution in [3.05, 3.63) is 0 Å². The maximum Gasteiger partial charge on any atom is 0.226 e. The van der Waals surface area contributed by atoms with Crippen LogP contribution in [-0.4, -0.2) is 47.3 Å². The van der Waals surface area contributed by atoms with Gasteiger partial charge in [-0.3, -0.25) is 9.59 Å². The average Bonchev–Trinajstić information content (AvgIpc) is 3.25. The van der Waals surface area contributed by atoms with Crippen molar-refractivity contribution in [3.8, 4) is 0 Å². The van der Waals surface area contributed by atoms with Crippen LogP contribution in [0.3, 0.4) is 0 Å². The van der Waals surface area contributed by atoms with Gasteiger partial charge in [0.1, 0.15) is 0 Å². The van der Waals surface area contributed by atoms with Crippen molar-refractivity contribution in [1.29, 1.82) is 0 Å². The zero-order valence-electron chi connectivity index (χ0n) is 13.5. The molecule has 122 valence electrons. The molecule has 0 N–H and O–H groups in total. The second-order valence-electron chi connectivity index (χ2n) is 7.91. The van der Waals surface area contributed by atoms with Crippen LogP contribution in [0.2, 0.25) is 0 Å². The summed E-state index contributed by atoms with van der Waals surface area (Å²) in [4.78, 5) is 29.2. The van der Waals surface area contributed by atoms with Crippen molar-refractivity contribution in [1.82, 2.24) is 9.80 Å². The molecule has 4 rings (SSSR count). The van der Waals surface area contributed by atoms with Crippen LogP contribution in [0, 0.1) is 17.8 Å². The first-order valence-electron chi connectivity index (χ1n) is 9.30. The summed E-state index contributed by atoms with van der Waals surface area (Å²) in [7, 11) is 0. The molecule has 2 heterocycles. The van der Waals surface area contributed by atoms with Crippen molar-refractivity contribution >= 4 is 11.8 Å². The Morgan fingerprint density at radius 1 is 1.05 bits per heavy atom. The highest BCUT2D eigenvalue weighted by Gasteiger charge is 2.45. The van der Waals surface area contributed by atoms with E-state index in [1.165, 1.54) is 25.7 Å². The lowest BCUT2D eigenvalue weighted by atomic mass is 9.86. The third-order valence-electron chi connectivity index (χ3n) is 6.57. The Bertz CT molecular complexity index is 464. The molecule has 0 unspecified atom stereocenters.